The molecule has 3 heteroatoms. The van der Waals surface area contributed by atoms with Crippen LogP contribution < -0.4 is 5.32 Å². The average molecular weight is 145 g/mol. The van der Waals surface area contributed by atoms with Crippen LogP contribution in [0.2, 0.25) is 0 Å². The van der Waals surface area contributed by atoms with Crippen LogP contribution >= 0.6 is 0 Å². The lowest BCUT2D eigenvalue weighted by Gasteiger charge is -2.14. The molecule has 1 heterocycles. The van der Waals surface area contributed by atoms with Gasteiger partial charge in [-0.25, -0.2) is 0 Å². The van der Waals surface area contributed by atoms with Crippen molar-refractivity contribution in [2.24, 2.45) is 0 Å². The predicted octanol–water partition coefficient (Wildman–Crippen LogP) is 0.357. The second-order valence-corrected chi connectivity index (χ2v) is 2.29. The van der Waals surface area contributed by atoms with Gasteiger partial charge in [-0.05, 0) is 13.8 Å². The van der Waals surface area contributed by atoms with E-state index in [2.05, 4.69) is 5.32 Å². The Morgan fingerprint density at radius 2 is 1.90 bits per heavy atom. The molecule has 0 saturated carbocycles. The molecule has 1 aliphatic heterocycles. The summed E-state index contributed by atoms with van der Waals surface area (Å²) in [5, 5.41) is 3.15. The first-order chi connectivity index (χ1) is 4.88. The van der Waals surface area contributed by atoms with Gasteiger partial charge in [-0.15, -0.1) is 0 Å². The predicted molar refractivity (Wildman–Crippen MR) is 38.8 cm³/mol. The molecule has 0 amide bonds. The summed E-state index contributed by atoms with van der Waals surface area (Å²) in [5.74, 6) is 0. The van der Waals surface area contributed by atoms with E-state index in [9.17, 15) is 0 Å². The van der Waals surface area contributed by atoms with Gasteiger partial charge in [-0.3, -0.25) is 0 Å². The molecule has 0 spiro atoms. The molecule has 1 aliphatic rings. The topological polar surface area (TPSA) is 40.4 Å². The third-order valence-corrected chi connectivity index (χ3v) is 1.43. The van der Waals surface area contributed by atoms with E-state index in [0.29, 0.717) is 6.04 Å². The number of hydrogen-bond acceptors (Lipinski definition) is 3. The fraction of sp³-hybridized carbons (Fsp3) is 1.00. The summed E-state index contributed by atoms with van der Waals surface area (Å²) in [4.78, 5) is 0. The van der Waals surface area contributed by atoms with Crippen molar-refractivity contribution in [2.75, 3.05) is 19.8 Å². The van der Waals surface area contributed by atoms with E-state index in [4.69, 9.17) is 9.47 Å². The maximum absolute atomic E-state index is 5.32. The first kappa shape index (κ1) is 7.98. The standard InChI is InChI=1S/C7H15NO2/c1-3-9-7(10-4-2)6-5-8-6/h6-8H,3-5H2,1-2H3/t6-/m1/s1. The van der Waals surface area contributed by atoms with Crippen molar-refractivity contribution in [1.82, 2.24) is 5.32 Å². The lowest BCUT2D eigenvalue weighted by Crippen LogP contribution is -2.25. The van der Waals surface area contributed by atoms with Gasteiger partial charge < -0.3 is 14.8 Å². The van der Waals surface area contributed by atoms with Gasteiger partial charge >= 0.3 is 0 Å². The maximum atomic E-state index is 5.32. The normalized spacial score (nSPS) is 23.7. The fourth-order valence-electron chi connectivity index (χ4n) is 0.869. The Balaban J connectivity index is 2.13. The molecule has 1 rings (SSSR count). The largest absolute Gasteiger partial charge is 0.351 e. The van der Waals surface area contributed by atoms with Crippen LogP contribution in [-0.4, -0.2) is 32.1 Å². The summed E-state index contributed by atoms with van der Waals surface area (Å²) in [6, 6.07) is 0.444. The first-order valence-corrected chi connectivity index (χ1v) is 3.85. The fourth-order valence-corrected chi connectivity index (χ4v) is 0.869. The number of rotatable bonds is 5. The molecule has 0 aliphatic carbocycles. The third kappa shape index (κ3) is 2.25. The van der Waals surface area contributed by atoms with Crippen LogP contribution in [0.3, 0.4) is 0 Å². The summed E-state index contributed by atoms with van der Waals surface area (Å²) in [6.07, 6.45) is -0.0185. The van der Waals surface area contributed by atoms with E-state index in [1.807, 2.05) is 13.8 Å². The molecule has 10 heavy (non-hydrogen) atoms. The third-order valence-electron chi connectivity index (χ3n) is 1.43. The summed E-state index contributed by atoms with van der Waals surface area (Å²) in [5.41, 5.74) is 0. The highest BCUT2D eigenvalue weighted by Gasteiger charge is 2.31. The van der Waals surface area contributed by atoms with Crippen LogP contribution in [0.25, 0.3) is 0 Å². The Labute approximate surface area is 61.7 Å². The molecule has 1 fully saturated rings. The van der Waals surface area contributed by atoms with Crippen molar-refractivity contribution in [3.63, 3.8) is 0 Å². The Hall–Kier alpha value is -0.120. The zero-order chi connectivity index (χ0) is 7.40. The van der Waals surface area contributed by atoms with Crippen LogP contribution in [0, 0.1) is 0 Å². The molecule has 0 radical (unpaired) electrons. The molecule has 0 aromatic rings. The van der Waals surface area contributed by atoms with Crippen LogP contribution in [0.5, 0.6) is 0 Å². The number of ether oxygens (including phenoxy) is 2. The molecule has 0 aromatic heterocycles. The molecular weight excluding hydrogens is 130 g/mol. The molecule has 1 saturated heterocycles. The van der Waals surface area contributed by atoms with Gasteiger partial charge in [-0.2, -0.15) is 0 Å². The second kappa shape index (κ2) is 3.91. The van der Waals surface area contributed by atoms with E-state index in [0.717, 1.165) is 19.8 Å². The van der Waals surface area contributed by atoms with E-state index in [1.165, 1.54) is 0 Å². The minimum Gasteiger partial charge on any atom is -0.351 e. The highest BCUT2D eigenvalue weighted by molar-refractivity contribution is 4.86. The quantitative estimate of drug-likeness (QED) is 0.448. The number of nitrogens with one attached hydrogen (secondary N) is 1. The highest BCUT2D eigenvalue weighted by Crippen LogP contribution is 2.09. The smallest absolute Gasteiger partial charge is 0.173 e. The average Bonchev–Trinajstić information content (AvgIpc) is 2.69. The second-order valence-electron chi connectivity index (χ2n) is 2.29. The molecule has 1 atom stereocenters. The molecule has 1 N–H and O–H groups in total. The van der Waals surface area contributed by atoms with Crippen LogP contribution in [-0.2, 0) is 9.47 Å². The van der Waals surface area contributed by atoms with Crippen LogP contribution in [0.1, 0.15) is 13.8 Å². The van der Waals surface area contributed by atoms with E-state index in [-0.39, 0.29) is 6.29 Å². The lowest BCUT2D eigenvalue weighted by molar-refractivity contribution is -0.135. The zero-order valence-corrected chi connectivity index (χ0v) is 6.59. The van der Waals surface area contributed by atoms with Gasteiger partial charge in [0.25, 0.3) is 0 Å². The molecule has 60 valence electrons. The first-order valence-electron chi connectivity index (χ1n) is 3.85. The minimum absolute atomic E-state index is 0.0185. The van der Waals surface area contributed by atoms with Gasteiger partial charge in [0.05, 0.1) is 6.04 Å². The van der Waals surface area contributed by atoms with Crippen molar-refractivity contribution in [1.29, 1.82) is 0 Å². The lowest BCUT2D eigenvalue weighted by atomic mass is 10.4. The Kier molecular flexibility index (Phi) is 3.12. The summed E-state index contributed by atoms with van der Waals surface area (Å²) in [7, 11) is 0. The highest BCUT2D eigenvalue weighted by atomic mass is 16.7. The van der Waals surface area contributed by atoms with Crippen LogP contribution in [0.15, 0.2) is 0 Å². The van der Waals surface area contributed by atoms with Crippen molar-refractivity contribution < 1.29 is 9.47 Å². The molecule has 3 nitrogen and oxygen atoms in total. The Bertz CT molecular complexity index is 87.6. The summed E-state index contributed by atoms with van der Waals surface area (Å²) >= 11 is 0. The van der Waals surface area contributed by atoms with E-state index in [1.54, 1.807) is 0 Å². The SMILES string of the molecule is CCOC(OCC)[C@H]1CN1. The number of hydrogen-bond donors (Lipinski definition) is 1. The van der Waals surface area contributed by atoms with Gasteiger partial charge in [0, 0.05) is 19.8 Å². The van der Waals surface area contributed by atoms with Gasteiger partial charge in [-0.1, -0.05) is 0 Å². The van der Waals surface area contributed by atoms with E-state index >= 15 is 0 Å². The van der Waals surface area contributed by atoms with Gasteiger partial charge in [0.15, 0.2) is 6.29 Å². The zero-order valence-electron chi connectivity index (χ0n) is 6.59. The van der Waals surface area contributed by atoms with Crippen LogP contribution in [0.4, 0.5) is 0 Å². The Morgan fingerprint density at radius 1 is 1.40 bits per heavy atom. The summed E-state index contributed by atoms with van der Waals surface area (Å²) in [6.45, 7) is 6.44. The monoisotopic (exact) mass is 145 g/mol. The van der Waals surface area contributed by atoms with E-state index < -0.39 is 0 Å². The van der Waals surface area contributed by atoms with Gasteiger partial charge in [0.2, 0.25) is 0 Å². The van der Waals surface area contributed by atoms with Crippen molar-refractivity contribution in [3.05, 3.63) is 0 Å². The molecular formula is C7H15NO2. The minimum atomic E-state index is -0.0185. The Morgan fingerprint density at radius 3 is 2.20 bits per heavy atom. The maximum Gasteiger partial charge on any atom is 0.173 e. The molecule has 0 bridgehead atoms. The summed E-state index contributed by atoms with van der Waals surface area (Å²) < 4.78 is 10.6. The molecule has 0 aromatic carbocycles. The van der Waals surface area contributed by atoms with Crippen molar-refractivity contribution in [3.8, 4) is 0 Å². The van der Waals surface area contributed by atoms with Crippen molar-refractivity contribution >= 4 is 0 Å². The van der Waals surface area contributed by atoms with Crippen molar-refractivity contribution in [2.45, 2.75) is 26.2 Å². The molecule has 0 unspecified atom stereocenters. The van der Waals surface area contributed by atoms with Gasteiger partial charge in [0.1, 0.15) is 0 Å².